The molecular formula is C34H41N3O8Si. The summed E-state index contributed by atoms with van der Waals surface area (Å²) >= 11 is 0. The van der Waals surface area contributed by atoms with Crippen molar-refractivity contribution in [1.29, 1.82) is 0 Å². The zero-order chi connectivity index (χ0) is 33.8. The lowest BCUT2D eigenvalue weighted by Gasteiger charge is -2.43. The summed E-state index contributed by atoms with van der Waals surface area (Å²) in [5, 5.41) is 25.4. The molecule has 1 unspecified atom stereocenters. The highest BCUT2D eigenvalue weighted by atomic mass is 28.4. The number of hydrogen-bond donors (Lipinski definition) is 2. The topological polar surface area (TPSA) is 148 Å². The van der Waals surface area contributed by atoms with Crippen molar-refractivity contribution in [2.75, 3.05) is 13.2 Å². The fraction of sp³-hybridized carbons (Fsp3) is 0.382. The molecule has 11 nitrogen and oxygen atoms in total. The van der Waals surface area contributed by atoms with E-state index in [1.54, 1.807) is 13.8 Å². The average molecular weight is 648 g/mol. The number of aromatic nitrogens is 2. The van der Waals surface area contributed by atoms with Gasteiger partial charge in [-0.05, 0) is 35.7 Å². The SMILES string of the molecule is C=C(CO[Si](c1ccccc1)(c1ccccc1)C(C)(C)C)CC(C(=O)OCC)C(=O)c1nn(C(=O)O)c2c1CN(C(=O)O)[C@H](C)C2. The zero-order valence-electron chi connectivity index (χ0n) is 26.9. The van der Waals surface area contributed by atoms with Crippen LogP contribution < -0.4 is 10.4 Å². The van der Waals surface area contributed by atoms with Crippen LogP contribution in [0, 0.1) is 5.92 Å². The predicted molar refractivity (Wildman–Crippen MR) is 174 cm³/mol. The highest BCUT2D eigenvalue weighted by molar-refractivity contribution is 6.99. The molecule has 0 aliphatic carbocycles. The molecule has 2 heterocycles. The van der Waals surface area contributed by atoms with Gasteiger partial charge in [0.05, 0.1) is 25.5 Å². The van der Waals surface area contributed by atoms with E-state index in [-0.39, 0.29) is 54.6 Å². The van der Waals surface area contributed by atoms with E-state index in [1.807, 2.05) is 36.4 Å². The molecule has 1 aromatic heterocycles. The highest BCUT2D eigenvalue weighted by Crippen LogP contribution is 2.37. The third-order valence-electron chi connectivity index (χ3n) is 8.39. The summed E-state index contributed by atoms with van der Waals surface area (Å²) in [6, 6.07) is 19.5. The first-order chi connectivity index (χ1) is 21.7. The summed E-state index contributed by atoms with van der Waals surface area (Å²) < 4.78 is 12.9. The van der Waals surface area contributed by atoms with E-state index < -0.39 is 44.2 Å². The quantitative estimate of drug-likeness (QED) is 0.0992. The van der Waals surface area contributed by atoms with Crippen molar-refractivity contribution in [1.82, 2.24) is 14.7 Å². The van der Waals surface area contributed by atoms with E-state index in [0.29, 0.717) is 10.3 Å². The monoisotopic (exact) mass is 647 g/mol. The minimum Gasteiger partial charge on any atom is -0.465 e. The summed E-state index contributed by atoms with van der Waals surface area (Å²) in [4.78, 5) is 52.4. The second kappa shape index (κ2) is 13.8. The number of nitrogens with zero attached hydrogens (tertiary/aromatic N) is 3. The molecular weight excluding hydrogens is 606 g/mol. The standard InChI is InChI=1S/C34H41N3O8Si/c1-7-44-31(39)26(30(38)29-27-20-36(32(40)41)23(3)19-28(27)37(35-29)33(42)43)18-22(2)21-45-46(34(4,5)6,24-14-10-8-11-15-24)25-16-12-9-13-17-25/h8-17,23,26H,2,7,18-21H2,1,3-6H3,(H,40,41)(H,42,43)/t23-,26?/m1/s1. The number of amides is 1. The number of Topliss-reactive ketones (excluding diaryl/α,β-unsaturated/α-hetero) is 1. The number of ether oxygens (including phenoxy) is 1. The molecule has 46 heavy (non-hydrogen) atoms. The van der Waals surface area contributed by atoms with Crippen LogP contribution in [0.5, 0.6) is 0 Å². The van der Waals surface area contributed by atoms with Crippen LogP contribution in [0.4, 0.5) is 9.59 Å². The molecule has 12 heteroatoms. The Labute approximate surface area is 269 Å². The number of ketones is 1. The minimum atomic E-state index is -2.95. The average Bonchev–Trinajstić information content (AvgIpc) is 3.38. The molecule has 2 aromatic carbocycles. The second-order valence-corrected chi connectivity index (χ2v) is 16.8. The van der Waals surface area contributed by atoms with Gasteiger partial charge in [-0.3, -0.25) is 9.59 Å². The van der Waals surface area contributed by atoms with Crippen LogP contribution in [-0.4, -0.2) is 76.4 Å². The number of benzene rings is 2. The van der Waals surface area contributed by atoms with E-state index in [0.717, 1.165) is 15.3 Å². The highest BCUT2D eigenvalue weighted by Gasteiger charge is 2.50. The molecule has 0 spiro atoms. The van der Waals surface area contributed by atoms with Crippen LogP contribution in [0.1, 0.15) is 62.8 Å². The largest absolute Gasteiger partial charge is 0.465 e. The first kappa shape index (κ1) is 34.3. The maximum Gasteiger partial charge on any atom is 0.432 e. The zero-order valence-corrected chi connectivity index (χ0v) is 27.9. The Balaban J connectivity index is 1.69. The van der Waals surface area contributed by atoms with Gasteiger partial charge in [0.2, 0.25) is 0 Å². The minimum absolute atomic E-state index is 0.0135. The predicted octanol–water partition coefficient (Wildman–Crippen LogP) is 4.72. The molecule has 2 atom stereocenters. The Morgan fingerprint density at radius 1 is 1.00 bits per heavy atom. The van der Waals surface area contributed by atoms with Gasteiger partial charge in [-0.2, -0.15) is 9.78 Å². The Morgan fingerprint density at radius 3 is 2.04 bits per heavy atom. The molecule has 0 saturated carbocycles. The molecule has 0 saturated heterocycles. The van der Waals surface area contributed by atoms with Crippen LogP contribution in [0.2, 0.25) is 5.04 Å². The van der Waals surface area contributed by atoms with Crippen LogP contribution in [0.15, 0.2) is 72.8 Å². The maximum absolute atomic E-state index is 14.1. The lowest BCUT2D eigenvalue weighted by atomic mass is 9.90. The molecule has 244 valence electrons. The lowest BCUT2D eigenvalue weighted by Crippen LogP contribution is -2.66. The number of hydrogen-bond acceptors (Lipinski definition) is 7. The summed E-state index contributed by atoms with van der Waals surface area (Å²) in [7, 11) is -2.95. The fourth-order valence-corrected chi connectivity index (χ4v) is 10.8. The number of carbonyl (C=O) groups is 4. The first-order valence-corrected chi connectivity index (χ1v) is 17.1. The Hall–Kier alpha value is -4.55. The third-order valence-corrected chi connectivity index (χ3v) is 13.4. The molecule has 3 aromatic rings. The third kappa shape index (κ3) is 6.68. The maximum atomic E-state index is 14.1. The fourth-order valence-electron chi connectivity index (χ4n) is 6.20. The number of esters is 1. The van der Waals surface area contributed by atoms with Gasteiger partial charge in [0, 0.05) is 18.0 Å². The van der Waals surface area contributed by atoms with Crippen molar-refractivity contribution >= 4 is 42.6 Å². The van der Waals surface area contributed by atoms with E-state index in [2.05, 4.69) is 56.7 Å². The normalized spacial score (nSPS) is 15.5. The van der Waals surface area contributed by atoms with Crippen LogP contribution >= 0.6 is 0 Å². The first-order valence-electron chi connectivity index (χ1n) is 15.2. The molecule has 1 aliphatic heterocycles. The van der Waals surface area contributed by atoms with Gasteiger partial charge >= 0.3 is 18.2 Å². The molecule has 1 amide bonds. The molecule has 0 bridgehead atoms. The van der Waals surface area contributed by atoms with Gasteiger partial charge < -0.3 is 24.3 Å². The number of rotatable bonds is 11. The van der Waals surface area contributed by atoms with Gasteiger partial charge in [-0.25, -0.2) is 9.59 Å². The Morgan fingerprint density at radius 2 is 1.57 bits per heavy atom. The van der Waals surface area contributed by atoms with Gasteiger partial charge in [0.15, 0.2) is 5.78 Å². The number of carboxylic acid groups (broad SMARTS) is 2. The van der Waals surface area contributed by atoms with E-state index >= 15 is 0 Å². The molecule has 0 fully saturated rings. The van der Waals surface area contributed by atoms with E-state index in [9.17, 15) is 29.4 Å². The van der Waals surface area contributed by atoms with Crippen molar-refractivity contribution < 1.29 is 38.6 Å². The van der Waals surface area contributed by atoms with Crippen LogP contribution in [0.25, 0.3) is 0 Å². The molecule has 1 aliphatic rings. The van der Waals surface area contributed by atoms with Crippen molar-refractivity contribution in [3.63, 3.8) is 0 Å². The summed E-state index contributed by atoms with van der Waals surface area (Å²) in [6.45, 7) is 13.7. The molecule has 4 rings (SSSR count). The lowest BCUT2D eigenvalue weighted by molar-refractivity contribution is -0.146. The van der Waals surface area contributed by atoms with Crippen molar-refractivity contribution in [3.8, 4) is 0 Å². The second-order valence-electron chi connectivity index (χ2n) is 12.5. The van der Waals surface area contributed by atoms with Crippen LogP contribution in [-0.2, 0) is 26.9 Å². The van der Waals surface area contributed by atoms with Crippen molar-refractivity contribution in [3.05, 3.63) is 89.8 Å². The molecule has 2 N–H and O–H groups in total. The van der Waals surface area contributed by atoms with E-state index in [1.165, 1.54) is 0 Å². The summed E-state index contributed by atoms with van der Waals surface area (Å²) in [5.74, 6) is -2.97. The summed E-state index contributed by atoms with van der Waals surface area (Å²) in [5.41, 5.74) is 0.578. The van der Waals surface area contributed by atoms with Gasteiger partial charge in [0.25, 0.3) is 8.32 Å². The van der Waals surface area contributed by atoms with Gasteiger partial charge in [-0.1, -0.05) is 93.6 Å². The summed E-state index contributed by atoms with van der Waals surface area (Å²) in [6.07, 6.45) is -2.72. The van der Waals surface area contributed by atoms with Crippen molar-refractivity contribution in [2.24, 2.45) is 5.92 Å². The van der Waals surface area contributed by atoms with E-state index in [4.69, 9.17) is 9.16 Å². The molecule has 0 radical (unpaired) electrons. The number of carbonyl (C=O) groups excluding carboxylic acids is 2. The Kier molecular flexibility index (Phi) is 10.3. The number of fused-ring (bicyclic) bond motifs is 1. The van der Waals surface area contributed by atoms with Gasteiger partial charge in [-0.15, -0.1) is 0 Å². The Bertz CT molecular complexity index is 1570. The smallest absolute Gasteiger partial charge is 0.432 e. The van der Waals surface area contributed by atoms with Gasteiger partial charge in [0.1, 0.15) is 11.6 Å². The van der Waals surface area contributed by atoms with Crippen LogP contribution in [0.3, 0.4) is 0 Å². The van der Waals surface area contributed by atoms with Crippen molar-refractivity contribution in [2.45, 2.75) is 65.1 Å².